The minimum Gasteiger partial charge on any atom is -0.388 e. The number of thioether (sulfide) groups is 1. The van der Waals surface area contributed by atoms with E-state index in [0.29, 0.717) is 32.1 Å². The van der Waals surface area contributed by atoms with E-state index in [4.69, 9.17) is 9.47 Å². The highest BCUT2D eigenvalue weighted by Gasteiger charge is 2.19. The van der Waals surface area contributed by atoms with Crippen LogP contribution in [0.4, 0.5) is 0 Å². The van der Waals surface area contributed by atoms with Gasteiger partial charge in [0.05, 0.1) is 5.60 Å². The van der Waals surface area contributed by atoms with Crippen molar-refractivity contribution in [1.82, 2.24) is 5.32 Å². The van der Waals surface area contributed by atoms with Gasteiger partial charge in [-0.1, -0.05) is 0 Å². The molecule has 0 aliphatic rings. The van der Waals surface area contributed by atoms with E-state index < -0.39 is 5.60 Å². The summed E-state index contributed by atoms with van der Waals surface area (Å²) in [5, 5.41) is 13.1. The first-order valence-electron chi connectivity index (χ1n) is 5.71. The largest absolute Gasteiger partial charge is 0.388 e. The first-order valence-corrected chi connectivity index (χ1v) is 7.10. The molecule has 0 rings (SSSR count). The van der Waals surface area contributed by atoms with E-state index in [9.17, 15) is 5.11 Å². The van der Waals surface area contributed by atoms with E-state index in [0.717, 1.165) is 0 Å². The van der Waals surface area contributed by atoms with Crippen LogP contribution in [-0.2, 0) is 9.47 Å². The van der Waals surface area contributed by atoms with E-state index in [1.807, 2.05) is 27.0 Å². The first kappa shape index (κ1) is 16.2. The summed E-state index contributed by atoms with van der Waals surface area (Å²) in [5.74, 6) is 0.716. The van der Waals surface area contributed by atoms with Gasteiger partial charge in [-0.05, 0) is 27.0 Å². The summed E-state index contributed by atoms with van der Waals surface area (Å²) in [7, 11) is 0. The highest BCUT2D eigenvalue weighted by atomic mass is 32.2. The number of hydrogen-bond donors (Lipinski definition) is 2. The van der Waals surface area contributed by atoms with Gasteiger partial charge in [0, 0.05) is 32.1 Å². The Labute approximate surface area is 103 Å². The molecule has 0 saturated heterocycles. The van der Waals surface area contributed by atoms with Gasteiger partial charge in [-0.3, -0.25) is 0 Å². The van der Waals surface area contributed by atoms with Gasteiger partial charge < -0.3 is 19.9 Å². The van der Waals surface area contributed by atoms with Gasteiger partial charge >= 0.3 is 0 Å². The van der Waals surface area contributed by atoms with Crippen LogP contribution in [-0.4, -0.2) is 55.3 Å². The SMILES string of the molecule is CCOC(CNCC(C)(O)CSC)OCC. The summed E-state index contributed by atoms with van der Waals surface area (Å²) in [4.78, 5) is 0. The second-order valence-corrected chi connectivity index (χ2v) is 4.77. The predicted molar refractivity (Wildman–Crippen MR) is 68.9 cm³/mol. The molecule has 0 aliphatic heterocycles. The molecule has 0 fully saturated rings. The summed E-state index contributed by atoms with van der Waals surface area (Å²) in [5.41, 5.74) is -0.678. The van der Waals surface area contributed by atoms with Crippen LogP contribution in [0.5, 0.6) is 0 Å². The second-order valence-electron chi connectivity index (χ2n) is 3.90. The van der Waals surface area contributed by atoms with Crippen molar-refractivity contribution < 1.29 is 14.6 Å². The average molecular weight is 251 g/mol. The summed E-state index contributed by atoms with van der Waals surface area (Å²) in [6.45, 7) is 8.12. The lowest BCUT2D eigenvalue weighted by atomic mass is 10.1. The molecule has 0 saturated carbocycles. The summed E-state index contributed by atoms with van der Waals surface area (Å²) in [6.07, 6.45) is 1.76. The predicted octanol–water partition coefficient (Wildman–Crippen LogP) is 1.09. The Hall–Kier alpha value is 0.190. The average Bonchev–Trinajstić information content (AvgIpc) is 2.18. The van der Waals surface area contributed by atoms with Gasteiger partial charge in [-0.25, -0.2) is 0 Å². The number of aliphatic hydroxyl groups is 1. The molecule has 0 aromatic carbocycles. The van der Waals surface area contributed by atoms with E-state index in [-0.39, 0.29) is 6.29 Å². The number of nitrogens with one attached hydrogen (secondary N) is 1. The van der Waals surface area contributed by atoms with E-state index in [1.54, 1.807) is 11.8 Å². The van der Waals surface area contributed by atoms with E-state index >= 15 is 0 Å². The topological polar surface area (TPSA) is 50.7 Å². The Morgan fingerprint density at radius 1 is 1.31 bits per heavy atom. The minimum atomic E-state index is -0.678. The number of rotatable bonds is 10. The second kappa shape index (κ2) is 9.24. The van der Waals surface area contributed by atoms with Crippen LogP contribution in [0.15, 0.2) is 0 Å². The Morgan fingerprint density at radius 2 is 1.88 bits per heavy atom. The fourth-order valence-corrected chi connectivity index (χ4v) is 2.08. The Bertz CT molecular complexity index is 161. The summed E-state index contributed by atoms with van der Waals surface area (Å²) in [6, 6.07) is 0. The minimum absolute atomic E-state index is 0.222. The van der Waals surface area contributed by atoms with Crippen molar-refractivity contribution in [1.29, 1.82) is 0 Å². The number of ether oxygens (including phenoxy) is 2. The smallest absolute Gasteiger partial charge is 0.169 e. The Morgan fingerprint density at radius 3 is 2.31 bits per heavy atom. The van der Waals surface area contributed by atoms with E-state index in [2.05, 4.69) is 5.32 Å². The van der Waals surface area contributed by atoms with Crippen molar-refractivity contribution in [3.05, 3.63) is 0 Å². The normalized spacial score (nSPS) is 15.4. The van der Waals surface area contributed by atoms with Gasteiger partial charge in [0.25, 0.3) is 0 Å². The monoisotopic (exact) mass is 251 g/mol. The molecule has 98 valence electrons. The highest BCUT2D eigenvalue weighted by molar-refractivity contribution is 7.98. The lowest BCUT2D eigenvalue weighted by Crippen LogP contribution is -2.43. The third kappa shape index (κ3) is 8.35. The van der Waals surface area contributed by atoms with Crippen molar-refractivity contribution in [2.75, 3.05) is 38.3 Å². The molecular formula is C11H25NO3S. The van der Waals surface area contributed by atoms with Gasteiger partial charge in [0.1, 0.15) is 0 Å². The van der Waals surface area contributed by atoms with Crippen molar-refractivity contribution in [3.8, 4) is 0 Å². The molecule has 4 nitrogen and oxygen atoms in total. The van der Waals surface area contributed by atoms with Crippen LogP contribution in [0.2, 0.25) is 0 Å². The van der Waals surface area contributed by atoms with Crippen LogP contribution in [0.1, 0.15) is 20.8 Å². The maximum Gasteiger partial charge on any atom is 0.169 e. The van der Waals surface area contributed by atoms with E-state index in [1.165, 1.54) is 0 Å². The molecule has 0 radical (unpaired) electrons. The molecule has 0 aromatic heterocycles. The zero-order valence-corrected chi connectivity index (χ0v) is 11.6. The van der Waals surface area contributed by atoms with Gasteiger partial charge in [-0.2, -0.15) is 11.8 Å². The van der Waals surface area contributed by atoms with Crippen molar-refractivity contribution in [2.24, 2.45) is 0 Å². The third-order valence-corrected chi connectivity index (χ3v) is 2.89. The van der Waals surface area contributed by atoms with Crippen LogP contribution in [0.25, 0.3) is 0 Å². The molecule has 0 aromatic rings. The third-order valence-electron chi connectivity index (χ3n) is 1.98. The zero-order chi connectivity index (χ0) is 12.4. The zero-order valence-electron chi connectivity index (χ0n) is 10.8. The Kier molecular flexibility index (Phi) is 9.35. The number of hydrogen-bond acceptors (Lipinski definition) is 5. The van der Waals surface area contributed by atoms with Crippen molar-refractivity contribution in [2.45, 2.75) is 32.7 Å². The van der Waals surface area contributed by atoms with Crippen LogP contribution in [0.3, 0.4) is 0 Å². The molecule has 1 unspecified atom stereocenters. The lowest BCUT2D eigenvalue weighted by Gasteiger charge is -2.24. The van der Waals surface area contributed by atoms with Gasteiger partial charge in [0.2, 0.25) is 0 Å². The molecule has 16 heavy (non-hydrogen) atoms. The molecular weight excluding hydrogens is 226 g/mol. The molecule has 0 bridgehead atoms. The Balaban J connectivity index is 3.75. The van der Waals surface area contributed by atoms with Crippen LogP contribution < -0.4 is 5.32 Å². The molecule has 0 spiro atoms. The molecule has 5 heteroatoms. The molecule has 2 N–H and O–H groups in total. The maximum atomic E-state index is 9.92. The molecule has 0 heterocycles. The van der Waals surface area contributed by atoms with Gasteiger partial charge in [0.15, 0.2) is 6.29 Å². The lowest BCUT2D eigenvalue weighted by molar-refractivity contribution is -0.133. The standard InChI is InChI=1S/C11H25NO3S/c1-5-14-10(15-6-2)7-12-8-11(3,13)9-16-4/h10,12-13H,5-9H2,1-4H3. The summed E-state index contributed by atoms with van der Waals surface area (Å²) < 4.78 is 10.8. The van der Waals surface area contributed by atoms with Crippen molar-refractivity contribution in [3.63, 3.8) is 0 Å². The fourth-order valence-electron chi connectivity index (χ4n) is 1.36. The van der Waals surface area contributed by atoms with Crippen LogP contribution in [0, 0.1) is 0 Å². The molecule has 1 atom stereocenters. The van der Waals surface area contributed by atoms with Crippen molar-refractivity contribution >= 4 is 11.8 Å². The summed E-state index contributed by atoms with van der Waals surface area (Å²) >= 11 is 1.64. The first-order chi connectivity index (χ1) is 7.55. The maximum absolute atomic E-state index is 9.92. The highest BCUT2D eigenvalue weighted by Crippen LogP contribution is 2.09. The fraction of sp³-hybridized carbons (Fsp3) is 1.00. The van der Waals surface area contributed by atoms with Crippen LogP contribution >= 0.6 is 11.8 Å². The quantitative estimate of drug-likeness (QED) is 0.569. The van der Waals surface area contributed by atoms with Gasteiger partial charge in [-0.15, -0.1) is 0 Å². The molecule has 0 amide bonds. The molecule has 0 aliphatic carbocycles.